The quantitative estimate of drug-likeness (QED) is 0.0198. The molecule has 0 aliphatic carbocycles. The maximum Gasteiger partial charge on any atom is 0.306 e. The van der Waals surface area contributed by atoms with Gasteiger partial charge in [-0.3, -0.25) is 38.4 Å². The van der Waals surface area contributed by atoms with Gasteiger partial charge in [-0.2, -0.15) is 0 Å². The van der Waals surface area contributed by atoms with Crippen LogP contribution < -0.4 is 0 Å². The summed E-state index contributed by atoms with van der Waals surface area (Å²) in [5.74, 6) is -0.298. The zero-order chi connectivity index (χ0) is 112. The van der Waals surface area contributed by atoms with E-state index in [0.29, 0.717) is 247 Å². The number of esters is 3. The van der Waals surface area contributed by atoms with E-state index in [9.17, 15) is 38.4 Å². The van der Waals surface area contributed by atoms with Crippen molar-refractivity contribution < 1.29 is 124 Å². The molecule has 41 nitrogen and oxygen atoms in total. The number of hydrogen-bond donors (Lipinski definition) is 0. The molecule has 0 amide bonds. The minimum Gasteiger partial charge on any atom is -0.466 e. The highest BCUT2D eigenvalue weighted by atomic mass is 16.6. The highest BCUT2D eigenvalue weighted by Gasteiger charge is 2.27. The highest BCUT2D eigenvalue weighted by molar-refractivity contribution is 5.86. The summed E-state index contributed by atoms with van der Waals surface area (Å²) >= 11 is 0. The Morgan fingerprint density at radius 3 is 0.638 bits per heavy atom. The zero-order valence-corrected chi connectivity index (χ0v) is 97.1. The van der Waals surface area contributed by atoms with Gasteiger partial charge in [-0.15, -0.1) is 25.5 Å². The van der Waals surface area contributed by atoms with E-state index in [-0.39, 0.29) is 131 Å². The van der Waals surface area contributed by atoms with Gasteiger partial charge in [0.2, 0.25) is 0 Å². The Morgan fingerprint density at radius 2 is 0.383 bits per heavy atom. The van der Waals surface area contributed by atoms with Gasteiger partial charge in [0.15, 0.2) is 28.9 Å². The first-order chi connectivity index (χ1) is 69.6. The zero-order valence-electron chi connectivity index (χ0n) is 97.1. The Hall–Kier alpha value is -8.14. The Balaban J connectivity index is 0.000000932. The molecular weight excluding hydrogens is 1920 g/mol. The molecule has 0 atom stereocenters. The second-order valence-corrected chi connectivity index (χ2v) is 47.5. The molecule has 0 aromatic carbocycles. The SMILES string of the molecule is CC(C)(C)CCOC(=O)CCc1cn(CCOCCOCC(=O)C(C)(C)C)nn1.CC(C)(C)CCOC(=O)CCc1cn(CCOCCOCCOCC(=O)C(C)(C)C)nn1.CC(C)(C)CCOCCOC(=O)CCc1cn(CCOCC(=O)C(C)(C)C)nn1.CC(C)(C)CCOCCOCCc1cn(CCOCCOCC(=O)C(C)(C)C)nn1.CC(C)(C)CCOCCOCc1cn(CCOCCOCC(=O)C(C)(C)C)nn1. The fourth-order valence-electron chi connectivity index (χ4n) is 10.8. The average molecular weight is 2120 g/mol. The third kappa shape index (κ3) is 83.1. The molecule has 0 radical (unpaired) electrons. The number of aromatic nitrogens is 15. The fourth-order valence-corrected chi connectivity index (χ4v) is 10.8. The summed E-state index contributed by atoms with van der Waals surface area (Å²) in [5, 5.41) is 40.6. The van der Waals surface area contributed by atoms with Crippen molar-refractivity contribution in [3.05, 3.63) is 59.5 Å². The van der Waals surface area contributed by atoms with Crippen molar-refractivity contribution >= 4 is 46.8 Å². The number of ether oxygens (including phenoxy) is 18. The second-order valence-electron chi connectivity index (χ2n) is 47.5. The molecule has 0 bridgehead atoms. The molecule has 5 heterocycles. The lowest BCUT2D eigenvalue weighted by Gasteiger charge is -2.17. The minimum absolute atomic E-state index is 0.0647. The van der Waals surface area contributed by atoms with Crippen LogP contribution in [0.2, 0.25) is 0 Å². The third-order valence-electron chi connectivity index (χ3n) is 21.4. The highest BCUT2D eigenvalue weighted by Crippen LogP contribution is 2.24. The summed E-state index contributed by atoms with van der Waals surface area (Å²) in [6, 6.07) is 0. The molecule has 5 aromatic heterocycles. The number of Topliss-reactive ketones (excluding diaryl/α,β-unsaturated/α-hetero) is 5. The molecule has 5 aromatic rings. The summed E-state index contributed by atoms with van der Waals surface area (Å²) in [5.41, 5.74) is 3.16. The fraction of sp³-hybridized carbons (Fsp3) is 0.833. The van der Waals surface area contributed by atoms with Crippen LogP contribution in [0.25, 0.3) is 0 Å². The number of nitrogens with zero attached hydrogens (tertiary/aromatic N) is 15. The molecule has 0 fully saturated rings. The Kier molecular flexibility index (Phi) is 70.5. The number of carbonyl (C=O) groups excluding carboxylic acids is 8. The lowest BCUT2D eigenvalue weighted by Crippen LogP contribution is -2.25. The first-order valence-corrected chi connectivity index (χ1v) is 52.8. The van der Waals surface area contributed by atoms with Crippen LogP contribution in [0.15, 0.2) is 31.0 Å². The van der Waals surface area contributed by atoms with Gasteiger partial charge in [-0.05, 0) is 59.2 Å². The predicted octanol–water partition coefficient (Wildman–Crippen LogP) is 14.4. The van der Waals surface area contributed by atoms with Crippen molar-refractivity contribution in [3.8, 4) is 0 Å². The van der Waals surface area contributed by atoms with Crippen LogP contribution in [0, 0.1) is 54.1 Å². The van der Waals surface area contributed by atoms with E-state index in [2.05, 4.69) is 155 Å². The molecule has 0 unspecified atom stereocenters. The second kappa shape index (κ2) is 75.6. The van der Waals surface area contributed by atoms with Crippen LogP contribution in [-0.4, -0.2) is 333 Å². The number of rotatable bonds is 73. The standard InChI is InChI=1S/C23H41N3O6.C22H41N3O5.C21H39N3O5.2C21H37N3O5/c1-22(2,3)9-11-32-21(28)8-7-19-17-26(25-24-19)10-12-29-13-14-30-15-16-31-18-20(27)23(4,5)6;1-21(2,3)8-11-28-14-13-27-10-7-19-17-25(24-23-19)9-12-29-15-16-30-18-20(26)22(4,5)6;1-20(2,3)7-9-26-11-13-28-16-18-15-24(23-22-18)8-10-27-12-14-29-17-19(25)21(4,5)6;1-20(2,3)9-11-29-19(26)8-7-17-15-24(23-22-17)10-12-27-13-14-28-16-18(25)21(4,5)6;1-20(2,3)9-11-27-13-14-29-19(26)8-7-17-15-24(23-22-17)10-12-28-16-18(25)21(4,5)6/h17H,7-16,18H2,1-6H3;17H,7-16,18H2,1-6H3;15H,7-14,16-17H2,1-6H3;2*15H,7-14,16H2,1-6H3. The van der Waals surface area contributed by atoms with Crippen LogP contribution in [0.5, 0.6) is 0 Å². The largest absolute Gasteiger partial charge is 0.466 e. The first-order valence-electron chi connectivity index (χ1n) is 52.8. The number of aryl methyl sites for hydroxylation is 3. The van der Waals surface area contributed by atoms with Gasteiger partial charge in [0, 0.05) is 97.4 Å². The normalized spacial score (nSPS) is 12.3. The third-order valence-corrected chi connectivity index (χ3v) is 21.4. The van der Waals surface area contributed by atoms with E-state index in [1.807, 2.05) is 129 Å². The molecule has 0 spiro atoms. The molecule has 0 saturated carbocycles. The smallest absolute Gasteiger partial charge is 0.306 e. The number of carbonyl (C=O) groups is 8. The van der Waals surface area contributed by atoms with Crippen LogP contribution in [0.4, 0.5) is 0 Å². The molecule has 0 aliphatic heterocycles. The van der Waals surface area contributed by atoms with Crippen molar-refractivity contribution in [1.82, 2.24) is 75.0 Å². The predicted molar refractivity (Wildman–Crippen MR) is 565 cm³/mol. The topological polar surface area (TPSA) is 456 Å². The molecule has 41 heteroatoms. The van der Waals surface area contributed by atoms with Crippen molar-refractivity contribution in [3.63, 3.8) is 0 Å². The summed E-state index contributed by atoms with van der Waals surface area (Å²) in [4.78, 5) is 94.0. The lowest BCUT2D eigenvalue weighted by molar-refractivity contribution is -0.145. The minimum atomic E-state index is -0.395. The summed E-state index contributed by atoms with van der Waals surface area (Å²) in [6.07, 6.45) is 16.9. The van der Waals surface area contributed by atoms with Crippen LogP contribution >= 0.6 is 0 Å². The molecule has 0 N–H and O–H groups in total. The van der Waals surface area contributed by atoms with Crippen LogP contribution in [0.1, 0.15) is 288 Å². The number of hydrogen-bond acceptors (Lipinski definition) is 36. The Bertz CT molecular complexity index is 4360. The molecule has 149 heavy (non-hydrogen) atoms. The summed E-state index contributed by atoms with van der Waals surface area (Å²) in [6.45, 7) is 77.6. The lowest BCUT2D eigenvalue weighted by atomic mass is 9.91. The van der Waals surface area contributed by atoms with Crippen molar-refractivity contribution in [2.75, 3.05) is 211 Å². The monoisotopic (exact) mass is 2120 g/mol. The van der Waals surface area contributed by atoms with E-state index >= 15 is 0 Å². The van der Waals surface area contributed by atoms with Gasteiger partial charge in [0.1, 0.15) is 45.3 Å². The summed E-state index contributed by atoms with van der Waals surface area (Å²) in [7, 11) is 0. The van der Waals surface area contributed by atoms with Gasteiger partial charge in [-0.1, -0.05) is 234 Å². The maximum absolute atomic E-state index is 11.8. The summed E-state index contributed by atoms with van der Waals surface area (Å²) < 4.78 is 106. The van der Waals surface area contributed by atoms with E-state index in [0.717, 1.165) is 74.5 Å². The molecule has 858 valence electrons. The van der Waals surface area contributed by atoms with Gasteiger partial charge >= 0.3 is 17.9 Å². The van der Waals surface area contributed by atoms with Gasteiger partial charge in [0.25, 0.3) is 0 Å². The van der Waals surface area contributed by atoms with Crippen LogP contribution in [0.3, 0.4) is 0 Å². The molecular formula is C108H195N15O26. The van der Waals surface area contributed by atoms with Gasteiger partial charge in [-0.25, -0.2) is 23.4 Å². The van der Waals surface area contributed by atoms with Crippen molar-refractivity contribution in [2.45, 2.75) is 324 Å². The Morgan fingerprint density at radius 1 is 0.201 bits per heavy atom. The van der Waals surface area contributed by atoms with E-state index in [1.165, 1.54) is 0 Å². The average Bonchev–Trinajstić information content (AvgIpc) is 1.76. The van der Waals surface area contributed by atoms with Gasteiger partial charge < -0.3 is 85.3 Å². The molecule has 5 rings (SSSR count). The van der Waals surface area contributed by atoms with E-state index in [4.69, 9.17) is 85.3 Å². The van der Waals surface area contributed by atoms with E-state index in [1.54, 1.807) is 29.6 Å². The van der Waals surface area contributed by atoms with Gasteiger partial charge in [0.05, 0.1) is 240 Å². The molecule has 0 aliphatic rings. The van der Waals surface area contributed by atoms with Crippen molar-refractivity contribution in [1.29, 1.82) is 0 Å². The van der Waals surface area contributed by atoms with E-state index < -0.39 is 5.41 Å². The number of ketones is 5. The maximum atomic E-state index is 11.8. The molecule has 0 saturated heterocycles. The Labute approximate surface area is 890 Å². The van der Waals surface area contributed by atoms with Crippen molar-refractivity contribution in [2.24, 2.45) is 54.1 Å². The first kappa shape index (κ1) is 139. The van der Waals surface area contributed by atoms with Crippen LogP contribution in [-0.2, 0) is 189 Å².